The lowest BCUT2D eigenvalue weighted by molar-refractivity contribution is 0.0911. The number of para-hydroxylation sites is 1. The quantitative estimate of drug-likeness (QED) is 0.770. The van der Waals surface area contributed by atoms with Crippen molar-refractivity contribution in [2.24, 2.45) is 7.05 Å². The molecule has 0 spiro atoms. The average Bonchev–Trinajstić information content (AvgIpc) is 2.98. The number of pyridine rings is 1. The summed E-state index contributed by atoms with van der Waals surface area (Å²) in [6.07, 6.45) is 2.51. The summed E-state index contributed by atoms with van der Waals surface area (Å²) in [6.45, 7) is 3.94. The first kappa shape index (κ1) is 16.1. The molecule has 0 saturated carbocycles. The van der Waals surface area contributed by atoms with Gasteiger partial charge in [0.25, 0.3) is 5.91 Å². The fourth-order valence-electron chi connectivity index (χ4n) is 2.78. The highest BCUT2D eigenvalue weighted by molar-refractivity contribution is 6.06. The number of rotatable bonds is 4. The highest BCUT2D eigenvalue weighted by atomic mass is 16.3. The molecule has 2 aromatic heterocycles. The van der Waals surface area contributed by atoms with Gasteiger partial charge in [0.1, 0.15) is 11.9 Å². The van der Waals surface area contributed by atoms with Crippen LogP contribution in [0.5, 0.6) is 0 Å². The SMILES string of the molecule is Cc1cc(C(=O)NC[C@H](O)c2nccn2C)c2cccc(C)c2n1. The number of carbonyl (C=O) groups is 1. The van der Waals surface area contributed by atoms with E-state index in [0.29, 0.717) is 11.4 Å². The highest BCUT2D eigenvalue weighted by Crippen LogP contribution is 2.21. The summed E-state index contributed by atoms with van der Waals surface area (Å²) < 4.78 is 1.73. The van der Waals surface area contributed by atoms with Gasteiger partial charge in [0.15, 0.2) is 0 Å². The van der Waals surface area contributed by atoms with Crippen LogP contribution in [-0.2, 0) is 7.05 Å². The van der Waals surface area contributed by atoms with Gasteiger partial charge in [0.05, 0.1) is 17.6 Å². The molecular weight excluding hydrogens is 304 g/mol. The fourth-order valence-corrected chi connectivity index (χ4v) is 2.78. The number of aryl methyl sites for hydroxylation is 3. The van der Waals surface area contributed by atoms with E-state index in [-0.39, 0.29) is 12.5 Å². The maximum Gasteiger partial charge on any atom is 0.252 e. The van der Waals surface area contributed by atoms with E-state index in [1.807, 2.05) is 32.0 Å². The van der Waals surface area contributed by atoms with Crippen LogP contribution in [0.25, 0.3) is 10.9 Å². The molecule has 6 heteroatoms. The molecule has 3 rings (SSSR count). The van der Waals surface area contributed by atoms with Gasteiger partial charge in [-0.05, 0) is 25.5 Å². The van der Waals surface area contributed by atoms with Crippen molar-refractivity contribution in [2.75, 3.05) is 6.54 Å². The topological polar surface area (TPSA) is 80.0 Å². The second-order valence-electron chi connectivity index (χ2n) is 5.90. The van der Waals surface area contributed by atoms with Gasteiger partial charge in [0.2, 0.25) is 0 Å². The normalized spacial score (nSPS) is 12.3. The van der Waals surface area contributed by atoms with Gasteiger partial charge in [-0.25, -0.2) is 4.98 Å². The van der Waals surface area contributed by atoms with Crippen LogP contribution in [0, 0.1) is 13.8 Å². The number of hydrogen-bond acceptors (Lipinski definition) is 4. The molecule has 24 heavy (non-hydrogen) atoms. The number of carbonyl (C=O) groups excluding carboxylic acids is 1. The molecule has 2 N–H and O–H groups in total. The van der Waals surface area contributed by atoms with Crippen LogP contribution < -0.4 is 5.32 Å². The first-order valence-electron chi connectivity index (χ1n) is 7.78. The van der Waals surface area contributed by atoms with E-state index in [1.54, 1.807) is 30.1 Å². The molecule has 2 heterocycles. The van der Waals surface area contributed by atoms with Gasteiger partial charge >= 0.3 is 0 Å². The number of imidazole rings is 1. The average molecular weight is 324 g/mol. The molecule has 1 amide bonds. The molecule has 0 aliphatic carbocycles. The maximum atomic E-state index is 12.6. The standard InChI is InChI=1S/C18H20N4O2/c1-11-5-4-6-13-14(9-12(2)21-16(11)13)18(24)20-10-15(23)17-19-7-8-22(17)3/h4-9,15,23H,10H2,1-3H3,(H,20,24)/t15-/m0/s1. The number of nitrogens with one attached hydrogen (secondary N) is 1. The van der Waals surface area contributed by atoms with Crippen molar-refractivity contribution in [1.29, 1.82) is 0 Å². The second-order valence-corrected chi connectivity index (χ2v) is 5.90. The van der Waals surface area contributed by atoms with E-state index in [4.69, 9.17) is 0 Å². The Morgan fingerprint density at radius 1 is 1.38 bits per heavy atom. The number of nitrogens with zero attached hydrogens (tertiary/aromatic N) is 3. The molecule has 1 aromatic carbocycles. The Morgan fingerprint density at radius 3 is 2.88 bits per heavy atom. The molecule has 0 saturated heterocycles. The van der Waals surface area contributed by atoms with Gasteiger partial charge in [-0.15, -0.1) is 0 Å². The maximum absolute atomic E-state index is 12.6. The summed E-state index contributed by atoms with van der Waals surface area (Å²) in [6, 6.07) is 7.54. The summed E-state index contributed by atoms with van der Waals surface area (Å²) in [5.74, 6) is 0.284. The number of aliphatic hydroxyl groups excluding tert-OH is 1. The minimum absolute atomic E-state index is 0.0956. The minimum atomic E-state index is -0.857. The summed E-state index contributed by atoms with van der Waals surface area (Å²) in [5.41, 5.74) is 3.20. The summed E-state index contributed by atoms with van der Waals surface area (Å²) in [4.78, 5) is 21.2. The van der Waals surface area contributed by atoms with Crippen molar-refractivity contribution in [3.63, 3.8) is 0 Å². The van der Waals surface area contributed by atoms with Gasteiger partial charge in [-0.2, -0.15) is 0 Å². The number of aromatic nitrogens is 3. The van der Waals surface area contributed by atoms with Crippen LogP contribution in [-0.4, -0.2) is 32.1 Å². The van der Waals surface area contributed by atoms with Crippen molar-refractivity contribution in [3.8, 4) is 0 Å². The zero-order valence-electron chi connectivity index (χ0n) is 13.9. The van der Waals surface area contributed by atoms with Crippen LogP contribution in [0.2, 0.25) is 0 Å². The van der Waals surface area contributed by atoms with Gasteiger partial charge in [-0.1, -0.05) is 18.2 Å². The molecule has 0 fully saturated rings. The first-order valence-corrected chi connectivity index (χ1v) is 7.78. The predicted octanol–water partition coefficient (Wildman–Crippen LogP) is 2.05. The molecule has 1 atom stereocenters. The van der Waals surface area contributed by atoms with Crippen LogP contribution >= 0.6 is 0 Å². The summed E-state index contributed by atoms with van der Waals surface area (Å²) in [5, 5.41) is 13.8. The smallest absolute Gasteiger partial charge is 0.252 e. The molecule has 124 valence electrons. The predicted molar refractivity (Wildman–Crippen MR) is 91.7 cm³/mol. The number of amides is 1. The van der Waals surface area contributed by atoms with Crippen LogP contribution in [0.1, 0.15) is 33.5 Å². The van der Waals surface area contributed by atoms with Crippen molar-refractivity contribution >= 4 is 16.8 Å². The molecule has 3 aromatic rings. The van der Waals surface area contributed by atoms with E-state index in [2.05, 4.69) is 15.3 Å². The van der Waals surface area contributed by atoms with Crippen molar-refractivity contribution in [2.45, 2.75) is 20.0 Å². The molecule has 0 aliphatic rings. The van der Waals surface area contributed by atoms with Crippen molar-refractivity contribution in [1.82, 2.24) is 19.9 Å². The fraction of sp³-hybridized carbons (Fsp3) is 0.278. The summed E-state index contributed by atoms with van der Waals surface area (Å²) >= 11 is 0. The lowest BCUT2D eigenvalue weighted by Crippen LogP contribution is -2.29. The Morgan fingerprint density at radius 2 is 2.17 bits per heavy atom. The van der Waals surface area contributed by atoms with Gasteiger partial charge < -0.3 is 15.0 Å². The summed E-state index contributed by atoms with van der Waals surface area (Å²) in [7, 11) is 1.80. The van der Waals surface area contributed by atoms with Gasteiger partial charge in [0, 0.05) is 30.5 Å². The Balaban J connectivity index is 1.84. The largest absolute Gasteiger partial charge is 0.383 e. The molecular formula is C18H20N4O2. The van der Waals surface area contributed by atoms with Crippen LogP contribution in [0.3, 0.4) is 0 Å². The monoisotopic (exact) mass is 324 g/mol. The van der Waals surface area contributed by atoms with E-state index >= 15 is 0 Å². The van der Waals surface area contributed by atoms with E-state index in [1.165, 1.54) is 0 Å². The molecule has 6 nitrogen and oxygen atoms in total. The van der Waals surface area contributed by atoms with Crippen LogP contribution in [0.15, 0.2) is 36.7 Å². The number of fused-ring (bicyclic) bond motifs is 1. The third kappa shape index (κ3) is 3.00. The van der Waals surface area contributed by atoms with Crippen molar-refractivity contribution in [3.05, 3.63) is 59.3 Å². The van der Waals surface area contributed by atoms with E-state index in [0.717, 1.165) is 22.2 Å². The van der Waals surface area contributed by atoms with Crippen molar-refractivity contribution < 1.29 is 9.90 Å². The van der Waals surface area contributed by atoms with E-state index < -0.39 is 6.10 Å². The lowest BCUT2D eigenvalue weighted by atomic mass is 10.0. The Labute approximate surface area is 140 Å². The Kier molecular flexibility index (Phi) is 4.31. The molecule has 0 bridgehead atoms. The van der Waals surface area contributed by atoms with E-state index in [9.17, 15) is 9.90 Å². The molecule has 0 radical (unpaired) electrons. The zero-order chi connectivity index (χ0) is 17.3. The molecule has 0 unspecified atom stereocenters. The zero-order valence-corrected chi connectivity index (χ0v) is 13.9. The number of benzene rings is 1. The second kappa shape index (κ2) is 6.41. The number of hydrogen-bond donors (Lipinski definition) is 2. The highest BCUT2D eigenvalue weighted by Gasteiger charge is 2.17. The minimum Gasteiger partial charge on any atom is -0.383 e. The molecule has 0 aliphatic heterocycles. The lowest BCUT2D eigenvalue weighted by Gasteiger charge is -2.13. The Bertz CT molecular complexity index is 901. The third-order valence-electron chi connectivity index (χ3n) is 4.03. The Hall–Kier alpha value is -2.73. The number of aliphatic hydroxyl groups is 1. The first-order chi connectivity index (χ1) is 11.5. The van der Waals surface area contributed by atoms with Crippen LogP contribution in [0.4, 0.5) is 0 Å². The van der Waals surface area contributed by atoms with Gasteiger partial charge in [-0.3, -0.25) is 9.78 Å². The third-order valence-corrected chi connectivity index (χ3v) is 4.03.